The number of hydrogen-bond donors (Lipinski definition) is 2. The summed E-state index contributed by atoms with van der Waals surface area (Å²) < 4.78 is 26.5. The molecular weight excluding hydrogens is 418 g/mol. The molecule has 0 radical (unpaired) electrons. The first kappa shape index (κ1) is 22.7. The maximum atomic E-state index is 12.4. The zero-order valence-electron chi connectivity index (χ0n) is 16.3. The lowest BCUT2D eigenvalue weighted by Crippen LogP contribution is -2.33. The van der Waals surface area contributed by atoms with Crippen molar-refractivity contribution in [3.05, 3.63) is 62.1 Å². The maximum Gasteiger partial charge on any atom is 0.286 e. The summed E-state index contributed by atoms with van der Waals surface area (Å²) in [5, 5.41) is 13.4. The highest BCUT2D eigenvalue weighted by Gasteiger charge is 2.21. The van der Waals surface area contributed by atoms with E-state index < -0.39 is 50.1 Å². The molecule has 0 spiro atoms. The molecule has 30 heavy (non-hydrogen) atoms. The smallest absolute Gasteiger partial charge is 0.286 e. The quantitative estimate of drug-likeness (QED) is 0.454. The Hall–Kier alpha value is -3.58. The molecule has 0 aliphatic heterocycles. The van der Waals surface area contributed by atoms with Crippen molar-refractivity contribution < 1.29 is 22.9 Å². The summed E-state index contributed by atoms with van der Waals surface area (Å²) in [7, 11) is -1.03. The van der Waals surface area contributed by atoms with Crippen LogP contribution in [0.2, 0.25) is 0 Å². The first-order valence-corrected chi connectivity index (χ1v) is 9.80. The van der Waals surface area contributed by atoms with Crippen molar-refractivity contribution in [3.63, 3.8) is 0 Å². The zero-order valence-corrected chi connectivity index (χ0v) is 17.1. The highest BCUT2D eigenvalue weighted by Crippen LogP contribution is 2.22. The van der Waals surface area contributed by atoms with Crippen LogP contribution in [0.15, 0.2) is 40.2 Å². The molecule has 1 aromatic heterocycles. The molecule has 2 amide bonds. The molecule has 2 aromatic rings. The fraction of sp³-hybridized carbons (Fsp3) is 0.235. The number of nitro groups is 1. The van der Waals surface area contributed by atoms with Gasteiger partial charge in [-0.2, -0.15) is 0 Å². The minimum atomic E-state index is -3.76. The number of nitrogens with one attached hydrogen (secondary N) is 1. The van der Waals surface area contributed by atoms with Gasteiger partial charge in [-0.15, -0.1) is 0 Å². The summed E-state index contributed by atoms with van der Waals surface area (Å²) in [6.07, 6.45) is 0.811. The van der Waals surface area contributed by atoms with Gasteiger partial charge in [-0.05, 0) is 24.6 Å². The van der Waals surface area contributed by atoms with Crippen LogP contribution >= 0.6 is 0 Å². The van der Waals surface area contributed by atoms with E-state index in [2.05, 4.69) is 5.32 Å². The van der Waals surface area contributed by atoms with Crippen molar-refractivity contribution in [3.8, 4) is 0 Å². The summed E-state index contributed by atoms with van der Waals surface area (Å²) in [6, 6.07) is 4.95. The number of nitrogens with zero attached hydrogens (tertiary/aromatic N) is 3. The van der Waals surface area contributed by atoms with Crippen LogP contribution < -0.4 is 16.6 Å². The number of rotatable bonds is 7. The molecule has 0 saturated carbocycles. The Labute approximate surface area is 171 Å². The summed E-state index contributed by atoms with van der Waals surface area (Å²) in [4.78, 5) is 46.1. The molecule has 1 heterocycles. The molecule has 0 bridgehead atoms. The molecule has 0 fully saturated rings. The van der Waals surface area contributed by atoms with Crippen LogP contribution in [0, 0.1) is 17.0 Å². The number of aromatic nitrogens is 1. The molecule has 12 nitrogen and oxygen atoms in total. The number of nitrogens with two attached hydrogens (primary N) is 1. The Bertz CT molecular complexity index is 1200. The zero-order chi connectivity index (χ0) is 22.8. The van der Waals surface area contributed by atoms with Gasteiger partial charge in [-0.3, -0.25) is 29.1 Å². The number of amides is 2. The van der Waals surface area contributed by atoms with Gasteiger partial charge in [-0.1, -0.05) is 6.07 Å². The van der Waals surface area contributed by atoms with Gasteiger partial charge in [0.1, 0.15) is 12.1 Å². The summed E-state index contributed by atoms with van der Waals surface area (Å²) in [5.74, 6) is -1.94. The number of benzene rings is 1. The highest BCUT2D eigenvalue weighted by molar-refractivity contribution is 7.89. The highest BCUT2D eigenvalue weighted by atomic mass is 32.2. The predicted octanol–water partition coefficient (Wildman–Crippen LogP) is 0.0528. The predicted molar refractivity (Wildman–Crippen MR) is 107 cm³/mol. The van der Waals surface area contributed by atoms with Gasteiger partial charge in [0.05, 0.1) is 16.0 Å². The largest absolute Gasteiger partial charge is 0.365 e. The van der Waals surface area contributed by atoms with Crippen molar-refractivity contribution in [1.29, 1.82) is 0 Å². The SMILES string of the molecule is Cc1ccc(NC(=O)Cn2cc([N+](=O)[O-])cc(C(N)=O)c2=O)cc1S(=O)(=O)N(C)C. The second-order valence-corrected chi connectivity index (χ2v) is 8.60. The third kappa shape index (κ3) is 4.69. The van der Waals surface area contributed by atoms with E-state index in [1.807, 2.05) is 0 Å². The van der Waals surface area contributed by atoms with Gasteiger partial charge in [0.2, 0.25) is 15.9 Å². The van der Waals surface area contributed by atoms with Gasteiger partial charge >= 0.3 is 0 Å². The Morgan fingerprint density at radius 1 is 1.27 bits per heavy atom. The third-order valence-corrected chi connectivity index (χ3v) is 6.05. The Morgan fingerprint density at radius 2 is 1.90 bits per heavy atom. The topological polar surface area (TPSA) is 175 Å². The van der Waals surface area contributed by atoms with Crippen LogP contribution in [0.5, 0.6) is 0 Å². The number of sulfonamides is 1. The number of primary amides is 1. The van der Waals surface area contributed by atoms with E-state index in [4.69, 9.17) is 5.73 Å². The van der Waals surface area contributed by atoms with E-state index in [1.165, 1.54) is 32.3 Å². The standard InChI is InChI=1S/C17H19N5O7S/c1-10-4-5-11(6-14(10)30(28,29)20(2)3)19-15(23)9-21-8-12(22(26)27)7-13(16(18)24)17(21)25/h4-8H,9H2,1-3H3,(H2,18,24)(H,19,23). The van der Waals surface area contributed by atoms with Crippen LogP contribution in [-0.2, 0) is 21.4 Å². The summed E-state index contributed by atoms with van der Waals surface area (Å²) >= 11 is 0. The molecule has 3 N–H and O–H groups in total. The average Bonchev–Trinajstić information content (AvgIpc) is 2.64. The van der Waals surface area contributed by atoms with E-state index in [0.29, 0.717) is 10.1 Å². The third-order valence-electron chi connectivity index (χ3n) is 4.09. The fourth-order valence-corrected chi connectivity index (χ4v) is 3.67. The number of aryl methyl sites for hydroxylation is 1. The van der Waals surface area contributed by atoms with Gasteiger partial charge < -0.3 is 11.1 Å². The monoisotopic (exact) mass is 437 g/mol. The summed E-state index contributed by atoms with van der Waals surface area (Å²) in [6.45, 7) is 0.931. The van der Waals surface area contributed by atoms with Crippen LogP contribution in [-0.4, -0.2) is 48.1 Å². The van der Waals surface area contributed by atoms with Crippen molar-refractivity contribution in [2.45, 2.75) is 18.4 Å². The van der Waals surface area contributed by atoms with E-state index in [1.54, 1.807) is 6.92 Å². The summed E-state index contributed by atoms with van der Waals surface area (Å²) in [5.41, 5.74) is 3.47. The number of hydrogen-bond acceptors (Lipinski definition) is 7. The Kier molecular flexibility index (Phi) is 6.38. The molecule has 0 aliphatic carbocycles. The number of carbonyl (C=O) groups excluding carboxylic acids is 2. The number of anilines is 1. The molecule has 13 heteroatoms. The fourth-order valence-electron chi connectivity index (χ4n) is 2.52. The van der Waals surface area contributed by atoms with E-state index in [-0.39, 0.29) is 10.6 Å². The van der Waals surface area contributed by atoms with Crippen LogP contribution in [0.4, 0.5) is 11.4 Å². The van der Waals surface area contributed by atoms with Gasteiger partial charge in [0.15, 0.2) is 0 Å². The number of pyridine rings is 1. The van der Waals surface area contributed by atoms with Crippen LogP contribution in [0.25, 0.3) is 0 Å². The second kappa shape index (κ2) is 8.42. The molecule has 160 valence electrons. The van der Waals surface area contributed by atoms with Crippen molar-refractivity contribution in [2.24, 2.45) is 5.73 Å². The van der Waals surface area contributed by atoms with Crippen LogP contribution in [0.1, 0.15) is 15.9 Å². The van der Waals surface area contributed by atoms with Crippen molar-refractivity contribution in [2.75, 3.05) is 19.4 Å². The van der Waals surface area contributed by atoms with E-state index in [0.717, 1.165) is 16.6 Å². The first-order valence-electron chi connectivity index (χ1n) is 8.36. The normalized spacial score (nSPS) is 11.3. The lowest BCUT2D eigenvalue weighted by atomic mass is 10.2. The Balaban J connectivity index is 2.36. The molecule has 0 saturated heterocycles. The first-order chi connectivity index (χ1) is 13.8. The molecule has 0 aliphatic rings. The molecule has 1 aromatic carbocycles. The Morgan fingerprint density at radius 3 is 2.43 bits per heavy atom. The van der Waals surface area contributed by atoms with Crippen molar-refractivity contribution >= 4 is 33.2 Å². The minimum absolute atomic E-state index is 0.0196. The van der Waals surface area contributed by atoms with Gasteiger partial charge in [0.25, 0.3) is 17.2 Å². The molecule has 2 rings (SSSR count). The molecule has 0 atom stereocenters. The van der Waals surface area contributed by atoms with Crippen molar-refractivity contribution in [1.82, 2.24) is 8.87 Å². The molecule has 0 unspecified atom stereocenters. The van der Waals surface area contributed by atoms with Gasteiger partial charge in [0, 0.05) is 25.8 Å². The lowest BCUT2D eigenvalue weighted by molar-refractivity contribution is -0.385. The average molecular weight is 437 g/mol. The van der Waals surface area contributed by atoms with E-state index in [9.17, 15) is 32.9 Å². The second-order valence-electron chi connectivity index (χ2n) is 6.48. The lowest BCUT2D eigenvalue weighted by Gasteiger charge is -2.15. The minimum Gasteiger partial charge on any atom is -0.365 e. The molecular formula is C17H19N5O7S. The number of carbonyl (C=O) groups is 2. The van der Waals surface area contributed by atoms with Gasteiger partial charge in [-0.25, -0.2) is 12.7 Å². The van der Waals surface area contributed by atoms with Crippen LogP contribution in [0.3, 0.4) is 0 Å². The van der Waals surface area contributed by atoms with E-state index >= 15 is 0 Å². The maximum absolute atomic E-state index is 12.4.